The highest BCUT2D eigenvalue weighted by atomic mass is 79.9. The Hall–Kier alpha value is -2.92. The molecule has 0 aliphatic rings. The van der Waals surface area contributed by atoms with Gasteiger partial charge in [0, 0.05) is 0 Å². The third-order valence-corrected chi connectivity index (χ3v) is 5.49. The van der Waals surface area contributed by atoms with Gasteiger partial charge in [-0.15, -0.1) is 11.3 Å². The van der Waals surface area contributed by atoms with Crippen molar-refractivity contribution < 1.29 is 29.0 Å². The number of benzene rings is 1. The number of urea groups is 1. The second-order valence-corrected chi connectivity index (χ2v) is 7.61. The number of anilines is 1. The van der Waals surface area contributed by atoms with Crippen LogP contribution in [0.1, 0.15) is 45.0 Å². The van der Waals surface area contributed by atoms with Crippen LogP contribution in [0.4, 0.5) is 9.80 Å². The van der Waals surface area contributed by atoms with E-state index in [0.29, 0.717) is 15.6 Å². The molecular formula is C19H20BrN3O6S. The summed E-state index contributed by atoms with van der Waals surface area (Å²) in [7, 11) is 0. The van der Waals surface area contributed by atoms with E-state index in [2.05, 4.69) is 31.8 Å². The monoisotopic (exact) mass is 497 g/mol. The fourth-order valence-electron chi connectivity index (χ4n) is 2.34. The third kappa shape index (κ3) is 5.80. The smallest absolute Gasteiger partial charge is 0.348 e. The first kappa shape index (κ1) is 23.4. The van der Waals surface area contributed by atoms with Crippen molar-refractivity contribution >= 4 is 56.5 Å². The standard InChI is InChI=1S/C19H20BrN3O6S/c1-4-28-17(25)14-10(3)15(18(26)29-5-2)30-16(14)22-19(27)23-21-9-11-6-7-13(24)12(20)8-11/h6-9,24H,4-5H2,1-3H3,(H2,22,23,27). The minimum Gasteiger partial charge on any atom is -0.507 e. The molecule has 0 fully saturated rings. The molecule has 0 unspecified atom stereocenters. The lowest BCUT2D eigenvalue weighted by Crippen LogP contribution is -2.24. The predicted octanol–water partition coefficient (Wildman–Crippen LogP) is 4.03. The molecule has 0 aliphatic carbocycles. The number of nitrogens with zero attached hydrogens (tertiary/aromatic N) is 1. The van der Waals surface area contributed by atoms with Crippen molar-refractivity contribution in [2.75, 3.05) is 18.5 Å². The van der Waals surface area contributed by atoms with E-state index in [1.165, 1.54) is 12.3 Å². The number of aromatic hydroxyl groups is 1. The summed E-state index contributed by atoms with van der Waals surface area (Å²) in [6, 6.07) is 3.98. The largest absolute Gasteiger partial charge is 0.507 e. The van der Waals surface area contributed by atoms with Gasteiger partial charge in [-0.2, -0.15) is 5.10 Å². The van der Waals surface area contributed by atoms with E-state index < -0.39 is 18.0 Å². The highest BCUT2D eigenvalue weighted by Gasteiger charge is 2.27. The quantitative estimate of drug-likeness (QED) is 0.301. The van der Waals surface area contributed by atoms with Gasteiger partial charge in [0.05, 0.1) is 29.5 Å². The SMILES string of the molecule is CCOC(=O)c1sc(NC(=O)NN=Cc2ccc(O)c(Br)c2)c(C(=O)OCC)c1C. The molecule has 0 bridgehead atoms. The molecule has 30 heavy (non-hydrogen) atoms. The summed E-state index contributed by atoms with van der Waals surface area (Å²) >= 11 is 4.10. The van der Waals surface area contributed by atoms with Crippen molar-refractivity contribution in [1.29, 1.82) is 0 Å². The molecule has 0 spiro atoms. The lowest BCUT2D eigenvalue weighted by Gasteiger charge is -2.06. The number of carbonyl (C=O) groups excluding carboxylic acids is 3. The molecular weight excluding hydrogens is 478 g/mol. The first-order valence-corrected chi connectivity index (χ1v) is 10.5. The molecule has 1 heterocycles. The normalized spacial score (nSPS) is 10.7. The van der Waals surface area contributed by atoms with Crippen LogP contribution in [0.25, 0.3) is 0 Å². The summed E-state index contributed by atoms with van der Waals surface area (Å²) in [6.45, 7) is 5.22. The molecule has 2 rings (SSSR count). The second-order valence-electron chi connectivity index (χ2n) is 5.74. The van der Waals surface area contributed by atoms with Gasteiger partial charge in [0.15, 0.2) is 0 Å². The molecule has 0 atom stereocenters. The van der Waals surface area contributed by atoms with E-state index in [9.17, 15) is 19.5 Å². The molecule has 11 heteroatoms. The Labute approximate surface area is 185 Å². The van der Waals surface area contributed by atoms with E-state index in [4.69, 9.17) is 9.47 Å². The summed E-state index contributed by atoms with van der Waals surface area (Å²) in [6.07, 6.45) is 1.37. The van der Waals surface area contributed by atoms with Gasteiger partial charge in [0.25, 0.3) is 0 Å². The number of ether oxygens (including phenoxy) is 2. The molecule has 2 amide bonds. The summed E-state index contributed by atoms with van der Waals surface area (Å²) in [4.78, 5) is 36.9. The van der Waals surface area contributed by atoms with E-state index >= 15 is 0 Å². The van der Waals surface area contributed by atoms with Gasteiger partial charge < -0.3 is 14.6 Å². The number of rotatable bonds is 7. The Morgan fingerprint density at radius 2 is 1.87 bits per heavy atom. The van der Waals surface area contributed by atoms with Gasteiger partial charge in [0.2, 0.25) is 0 Å². The molecule has 9 nitrogen and oxygen atoms in total. The number of hydrogen-bond acceptors (Lipinski definition) is 8. The molecule has 0 saturated heterocycles. The highest BCUT2D eigenvalue weighted by Crippen LogP contribution is 2.34. The van der Waals surface area contributed by atoms with Crippen molar-refractivity contribution in [2.24, 2.45) is 5.10 Å². The lowest BCUT2D eigenvalue weighted by molar-refractivity contribution is 0.0527. The fraction of sp³-hybridized carbons (Fsp3) is 0.263. The lowest BCUT2D eigenvalue weighted by atomic mass is 10.1. The van der Waals surface area contributed by atoms with E-state index in [1.807, 2.05) is 0 Å². The number of carbonyl (C=O) groups is 3. The van der Waals surface area contributed by atoms with Gasteiger partial charge in [-0.3, -0.25) is 5.32 Å². The van der Waals surface area contributed by atoms with Crippen LogP contribution in [0.3, 0.4) is 0 Å². The zero-order chi connectivity index (χ0) is 22.3. The number of halogens is 1. The van der Waals surface area contributed by atoms with Crippen molar-refractivity contribution in [2.45, 2.75) is 20.8 Å². The Balaban J connectivity index is 2.18. The van der Waals surface area contributed by atoms with Crippen LogP contribution < -0.4 is 10.7 Å². The Kier molecular flexibility index (Phi) is 8.36. The number of hydrogen-bond donors (Lipinski definition) is 3. The number of amides is 2. The van der Waals surface area contributed by atoms with Crippen molar-refractivity contribution in [1.82, 2.24) is 5.43 Å². The average Bonchev–Trinajstić information content (AvgIpc) is 3.01. The number of esters is 2. The Morgan fingerprint density at radius 1 is 1.20 bits per heavy atom. The highest BCUT2D eigenvalue weighted by molar-refractivity contribution is 9.10. The minimum absolute atomic E-state index is 0.0785. The Morgan fingerprint density at radius 3 is 2.50 bits per heavy atom. The van der Waals surface area contributed by atoms with Crippen LogP contribution in [0, 0.1) is 6.92 Å². The minimum atomic E-state index is -0.716. The maximum atomic E-state index is 12.3. The van der Waals surface area contributed by atoms with Crippen LogP contribution >= 0.6 is 27.3 Å². The summed E-state index contributed by atoms with van der Waals surface area (Å²) in [5.41, 5.74) is 3.36. The topological polar surface area (TPSA) is 126 Å². The molecule has 1 aromatic heterocycles. The number of hydrazone groups is 1. The molecule has 160 valence electrons. The van der Waals surface area contributed by atoms with E-state index in [-0.39, 0.29) is 34.4 Å². The van der Waals surface area contributed by atoms with Crippen molar-refractivity contribution in [3.8, 4) is 5.75 Å². The van der Waals surface area contributed by atoms with Crippen LogP contribution in [-0.4, -0.2) is 42.5 Å². The summed E-state index contributed by atoms with van der Waals surface area (Å²) in [5.74, 6) is -1.17. The van der Waals surface area contributed by atoms with E-state index in [1.54, 1.807) is 32.9 Å². The van der Waals surface area contributed by atoms with Crippen LogP contribution in [0.2, 0.25) is 0 Å². The molecule has 1 aromatic carbocycles. The van der Waals surface area contributed by atoms with Gasteiger partial charge in [-0.05, 0) is 66.0 Å². The second kappa shape index (κ2) is 10.7. The third-order valence-electron chi connectivity index (χ3n) is 3.67. The summed E-state index contributed by atoms with van der Waals surface area (Å²) < 4.78 is 10.5. The zero-order valence-electron chi connectivity index (χ0n) is 16.4. The predicted molar refractivity (Wildman–Crippen MR) is 117 cm³/mol. The van der Waals surface area contributed by atoms with Gasteiger partial charge in [-0.1, -0.05) is 0 Å². The number of nitrogens with one attached hydrogen (secondary N) is 2. The van der Waals surface area contributed by atoms with Crippen molar-refractivity contribution in [3.05, 3.63) is 44.2 Å². The van der Waals surface area contributed by atoms with E-state index in [0.717, 1.165) is 11.3 Å². The van der Waals surface area contributed by atoms with Gasteiger partial charge in [-0.25, -0.2) is 19.8 Å². The fourth-order valence-corrected chi connectivity index (χ4v) is 3.82. The average molecular weight is 498 g/mol. The maximum Gasteiger partial charge on any atom is 0.348 e. The van der Waals surface area contributed by atoms with Gasteiger partial charge >= 0.3 is 18.0 Å². The molecule has 2 aromatic rings. The molecule has 3 N–H and O–H groups in total. The van der Waals surface area contributed by atoms with Crippen LogP contribution in [0.15, 0.2) is 27.8 Å². The van der Waals surface area contributed by atoms with Crippen LogP contribution in [0.5, 0.6) is 5.75 Å². The molecule has 0 aliphatic heterocycles. The number of phenols is 1. The van der Waals surface area contributed by atoms with Crippen molar-refractivity contribution in [3.63, 3.8) is 0 Å². The van der Waals surface area contributed by atoms with Crippen LogP contribution in [-0.2, 0) is 9.47 Å². The molecule has 0 saturated carbocycles. The Bertz CT molecular complexity index is 989. The first-order valence-electron chi connectivity index (χ1n) is 8.84. The number of thiophene rings is 1. The number of phenolic OH excluding ortho intramolecular Hbond substituents is 1. The molecule has 0 radical (unpaired) electrons. The van der Waals surface area contributed by atoms with Gasteiger partial charge in [0.1, 0.15) is 15.6 Å². The summed E-state index contributed by atoms with van der Waals surface area (Å²) in [5, 5.41) is 16.0. The first-order chi connectivity index (χ1) is 14.3. The zero-order valence-corrected chi connectivity index (χ0v) is 18.8. The maximum absolute atomic E-state index is 12.3.